The molecule has 0 unspecified atom stereocenters. The van der Waals surface area contributed by atoms with Gasteiger partial charge in [-0.05, 0) is 43.4 Å². The standard InChI is InChI=1S/C19H29N5O3.ClH/c1-12(2)17(20)19(27)22-11-16(25)23-13-6-7-14(18(21)26)15(10-13)24-8-4-3-5-9-24;/h6-7,10,12,17H,3-5,8-9,11,20H2,1-2H3,(H2,21,26)(H,22,27)(H,23,25);1H/t17-;/m0./s1. The molecule has 3 amide bonds. The average Bonchev–Trinajstić information content (AvgIpc) is 2.65. The van der Waals surface area contributed by atoms with E-state index >= 15 is 0 Å². The Balaban J connectivity index is 0.00000392. The Morgan fingerprint density at radius 1 is 1.14 bits per heavy atom. The second-order valence-corrected chi connectivity index (χ2v) is 7.18. The molecule has 6 N–H and O–H groups in total. The molecule has 1 aromatic rings. The molecule has 1 heterocycles. The lowest BCUT2D eigenvalue weighted by Crippen LogP contribution is -2.46. The highest BCUT2D eigenvalue weighted by Crippen LogP contribution is 2.27. The maximum Gasteiger partial charge on any atom is 0.250 e. The number of carbonyl (C=O) groups is 3. The number of amides is 3. The van der Waals surface area contributed by atoms with Crippen LogP contribution in [0.5, 0.6) is 0 Å². The molecule has 1 fully saturated rings. The SMILES string of the molecule is CC(C)[C@H](N)C(=O)NCC(=O)Nc1ccc(C(N)=O)c(N2CCCCC2)c1.Cl. The first-order chi connectivity index (χ1) is 12.8. The molecule has 1 aliphatic heterocycles. The second kappa shape index (κ2) is 10.9. The zero-order valence-electron chi connectivity index (χ0n) is 16.4. The van der Waals surface area contributed by atoms with Crippen molar-refractivity contribution in [3.05, 3.63) is 23.8 Å². The van der Waals surface area contributed by atoms with Crippen LogP contribution in [0.4, 0.5) is 11.4 Å². The molecule has 28 heavy (non-hydrogen) atoms. The molecule has 1 saturated heterocycles. The van der Waals surface area contributed by atoms with Crippen molar-refractivity contribution in [2.45, 2.75) is 39.2 Å². The van der Waals surface area contributed by atoms with E-state index in [1.54, 1.807) is 18.2 Å². The normalized spacial score (nSPS) is 14.8. The largest absolute Gasteiger partial charge is 0.371 e. The first kappa shape index (κ1) is 23.7. The molecule has 0 aromatic heterocycles. The topological polar surface area (TPSA) is 131 Å². The number of nitrogens with zero attached hydrogens (tertiary/aromatic N) is 1. The third-order valence-electron chi connectivity index (χ3n) is 4.69. The van der Waals surface area contributed by atoms with Crippen molar-refractivity contribution in [3.63, 3.8) is 0 Å². The Labute approximate surface area is 171 Å². The Hall–Kier alpha value is -2.32. The highest BCUT2D eigenvalue weighted by atomic mass is 35.5. The summed E-state index contributed by atoms with van der Waals surface area (Å²) < 4.78 is 0. The summed E-state index contributed by atoms with van der Waals surface area (Å²) in [4.78, 5) is 37.8. The maximum absolute atomic E-state index is 12.1. The van der Waals surface area contributed by atoms with Crippen LogP contribution >= 0.6 is 12.4 Å². The molecule has 1 aliphatic rings. The van der Waals surface area contributed by atoms with Gasteiger partial charge >= 0.3 is 0 Å². The molecule has 0 bridgehead atoms. The lowest BCUT2D eigenvalue weighted by Gasteiger charge is -2.30. The van der Waals surface area contributed by atoms with Gasteiger partial charge in [-0.1, -0.05) is 13.8 Å². The molecule has 0 saturated carbocycles. The summed E-state index contributed by atoms with van der Waals surface area (Å²) in [7, 11) is 0. The molecule has 0 radical (unpaired) electrons. The summed E-state index contributed by atoms with van der Waals surface area (Å²) in [6.45, 7) is 5.21. The molecule has 2 rings (SSSR count). The van der Waals surface area contributed by atoms with Crippen LogP contribution in [0.1, 0.15) is 43.5 Å². The van der Waals surface area contributed by atoms with Crippen molar-refractivity contribution in [3.8, 4) is 0 Å². The number of anilines is 2. The van der Waals surface area contributed by atoms with Gasteiger partial charge in [0.25, 0.3) is 5.91 Å². The van der Waals surface area contributed by atoms with Crippen LogP contribution in [0.3, 0.4) is 0 Å². The van der Waals surface area contributed by atoms with Gasteiger partial charge in [0.1, 0.15) is 0 Å². The highest BCUT2D eigenvalue weighted by molar-refractivity contribution is 6.01. The van der Waals surface area contributed by atoms with Crippen molar-refractivity contribution in [2.75, 3.05) is 29.9 Å². The van der Waals surface area contributed by atoms with Gasteiger partial charge in [0.2, 0.25) is 11.8 Å². The van der Waals surface area contributed by atoms with Crippen LogP contribution in [0, 0.1) is 5.92 Å². The fourth-order valence-corrected chi connectivity index (χ4v) is 3.01. The molecule has 0 aliphatic carbocycles. The number of piperidine rings is 1. The van der Waals surface area contributed by atoms with Gasteiger partial charge in [-0.3, -0.25) is 14.4 Å². The molecule has 156 valence electrons. The van der Waals surface area contributed by atoms with Gasteiger partial charge in [0, 0.05) is 18.8 Å². The number of hydrogen-bond acceptors (Lipinski definition) is 5. The number of rotatable bonds is 7. The van der Waals surface area contributed by atoms with E-state index in [-0.39, 0.29) is 36.7 Å². The van der Waals surface area contributed by atoms with Crippen molar-refractivity contribution in [2.24, 2.45) is 17.4 Å². The fourth-order valence-electron chi connectivity index (χ4n) is 3.01. The van der Waals surface area contributed by atoms with Crippen molar-refractivity contribution in [1.29, 1.82) is 0 Å². The van der Waals surface area contributed by atoms with E-state index in [9.17, 15) is 14.4 Å². The Bertz CT molecular complexity index is 705. The van der Waals surface area contributed by atoms with Crippen molar-refractivity contribution in [1.82, 2.24) is 5.32 Å². The van der Waals surface area contributed by atoms with Gasteiger partial charge in [-0.2, -0.15) is 0 Å². The highest BCUT2D eigenvalue weighted by Gasteiger charge is 2.19. The number of primary amides is 1. The lowest BCUT2D eigenvalue weighted by atomic mass is 10.1. The van der Waals surface area contributed by atoms with Gasteiger partial charge < -0.3 is 27.0 Å². The summed E-state index contributed by atoms with van der Waals surface area (Å²) in [5, 5.41) is 5.27. The minimum atomic E-state index is -0.654. The Morgan fingerprint density at radius 3 is 2.36 bits per heavy atom. The van der Waals surface area contributed by atoms with Crippen molar-refractivity contribution >= 4 is 41.5 Å². The lowest BCUT2D eigenvalue weighted by molar-refractivity contribution is -0.125. The minimum absolute atomic E-state index is 0. The number of nitrogens with one attached hydrogen (secondary N) is 2. The monoisotopic (exact) mass is 411 g/mol. The van der Waals surface area contributed by atoms with Gasteiger partial charge in [-0.15, -0.1) is 12.4 Å². The van der Waals surface area contributed by atoms with Crippen LogP contribution in [0.25, 0.3) is 0 Å². The average molecular weight is 412 g/mol. The summed E-state index contributed by atoms with van der Waals surface area (Å²) in [5.41, 5.74) is 13.0. The van der Waals surface area contributed by atoms with Crippen LogP contribution in [0.15, 0.2) is 18.2 Å². The molecule has 9 heteroatoms. The smallest absolute Gasteiger partial charge is 0.250 e. The van der Waals surface area contributed by atoms with Crippen LogP contribution in [0.2, 0.25) is 0 Å². The van der Waals surface area contributed by atoms with E-state index in [0.29, 0.717) is 11.3 Å². The van der Waals surface area contributed by atoms with E-state index in [1.165, 1.54) is 0 Å². The van der Waals surface area contributed by atoms with E-state index in [4.69, 9.17) is 11.5 Å². The number of halogens is 1. The zero-order valence-corrected chi connectivity index (χ0v) is 17.2. The van der Waals surface area contributed by atoms with Crippen LogP contribution in [-0.4, -0.2) is 43.4 Å². The molecule has 1 atom stereocenters. The maximum atomic E-state index is 12.1. The molecule has 1 aromatic carbocycles. The van der Waals surface area contributed by atoms with Gasteiger partial charge in [-0.25, -0.2) is 0 Å². The van der Waals surface area contributed by atoms with Gasteiger partial charge in [0.05, 0.1) is 23.8 Å². The number of hydrogen-bond donors (Lipinski definition) is 4. The molecular formula is C19H30ClN5O3. The van der Waals surface area contributed by atoms with Crippen LogP contribution in [-0.2, 0) is 9.59 Å². The first-order valence-electron chi connectivity index (χ1n) is 9.31. The summed E-state index contributed by atoms with van der Waals surface area (Å²) >= 11 is 0. The Morgan fingerprint density at radius 2 is 1.79 bits per heavy atom. The van der Waals surface area contributed by atoms with E-state index in [0.717, 1.165) is 38.0 Å². The molecule has 0 spiro atoms. The van der Waals surface area contributed by atoms with E-state index < -0.39 is 11.9 Å². The summed E-state index contributed by atoms with van der Waals surface area (Å²) in [6, 6.07) is 4.35. The summed E-state index contributed by atoms with van der Waals surface area (Å²) in [5.74, 6) is -1.24. The number of nitrogens with two attached hydrogens (primary N) is 2. The minimum Gasteiger partial charge on any atom is -0.371 e. The third kappa shape index (κ3) is 6.38. The zero-order chi connectivity index (χ0) is 20.0. The number of benzene rings is 1. The predicted molar refractivity (Wildman–Crippen MR) is 113 cm³/mol. The van der Waals surface area contributed by atoms with Gasteiger partial charge in [0.15, 0.2) is 0 Å². The van der Waals surface area contributed by atoms with Crippen molar-refractivity contribution < 1.29 is 14.4 Å². The van der Waals surface area contributed by atoms with E-state index in [2.05, 4.69) is 15.5 Å². The second-order valence-electron chi connectivity index (χ2n) is 7.18. The molecular weight excluding hydrogens is 382 g/mol. The predicted octanol–water partition coefficient (Wildman–Crippen LogP) is 1.24. The third-order valence-corrected chi connectivity index (χ3v) is 4.69. The quantitative estimate of drug-likeness (QED) is 0.536. The molecule has 8 nitrogen and oxygen atoms in total. The first-order valence-corrected chi connectivity index (χ1v) is 9.31. The van der Waals surface area contributed by atoms with E-state index in [1.807, 2.05) is 13.8 Å². The number of carbonyl (C=O) groups excluding carboxylic acids is 3. The fraction of sp³-hybridized carbons (Fsp3) is 0.526. The van der Waals surface area contributed by atoms with Crippen LogP contribution < -0.4 is 27.0 Å². The Kier molecular flexibility index (Phi) is 9.21. The summed E-state index contributed by atoms with van der Waals surface area (Å²) in [6.07, 6.45) is 3.27.